The van der Waals surface area contributed by atoms with Gasteiger partial charge >= 0.3 is 0 Å². The van der Waals surface area contributed by atoms with E-state index in [1.165, 1.54) is 10.4 Å². The summed E-state index contributed by atoms with van der Waals surface area (Å²) in [6, 6.07) is 6.35. The summed E-state index contributed by atoms with van der Waals surface area (Å²) >= 11 is 0. The number of nitrogens with zero attached hydrogens (tertiary/aromatic N) is 3. The predicted molar refractivity (Wildman–Crippen MR) is 114 cm³/mol. The van der Waals surface area contributed by atoms with Crippen LogP contribution in [-0.4, -0.2) is 83.0 Å². The van der Waals surface area contributed by atoms with Crippen LogP contribution >= 0.6 is 0 Å². The van der Waals surface area contributed by atoms with E-state index in [0.29, 0.717) is 64.1 Å². The molecule has 1 N–H and O–H groups in total. The topological polar surface area (TPSA) is 123 Å². The molecule has 0 saturated carbocycles. The van der Waals surface area contributed by atoms with Crippen LogP contribution in [0.5, 0.6) is 5.88 Å². The molecule has 2 fully saturated rings. The lowest BCUT2D eigenvalue weighted by molar-refractivity contribution is -0.118. The first-order valence-corrected chi connectivity index (χ1v) is 11.8. The van der Waals surface area contributed by atoms with Crippen molar-refractivity contribution >= 4 is 27.3 Å². The summed E-state index contributed by atoms with van der Waals surface area (Å²) in [5.74, 6) is 0.326. The molecule has 2 aliphatic heterocycles. The first-order chi connectivity index (χ1) is 15.4. The number of aryl methyl sites for hydroxylation is 1. The lowest BCUT2D eigenvalue weighted by Crippen LogP contribution is -2.40. The van der Waals surface area contributed by atoms with E-state index in [1.54, 1.807) is 25.1 Å². The maximum atomic E-state index is 13.1. The Morgan fingerprint density at radius 1 is 1.09 bits per heavy atom. The second-order valence-corrected chi connectivity index (χ2v) is 9.35. The number of benzene rings is 1. The molecule has 1 amide bonds. The number of carbonyl (C=O) groups is 1. The number of nitrogens with one attached hydrogen (secondary N) is 1. The summed E-state index contributed by atoms with van der Waals surface area (Å²) in [5, 5.41) is 6.48. The molecule has 0 unspecified atom stereocenters. The summed E-state index contributed by atoms with van der Waals surface area (Å²) < 4.78 is 48.5. The van der Waals surface area contributed by atoms with E-state index < -0.39 is 15.9 Å². The van der Waals surface area contributed by atoms with Gasteiger partial charge < -0.3 is 29.0 Å². The van der Waals surface area contributed by atoms with Gasteiger partial charge in [0.25, 0.3) is 11.8 Å². The number of anilines is 2. The van der Waals surface area contributed by atoms with Crippen molar-refractivity contribution < 1.29 is 31.9 Å². The van der Waals surface area contributed by atoms with Gasteiger partial charge in [-0.15, -0.1) is 0 Å². The Balaban J connectivity index is 1.56. The third kappa shape index (κ3) is 5.21. The van der Waals surface area contributed by atoms with Crippen LogP contribution in [0, 0.1) is 6.92 Å². The van der Waals surface area contributed by atoms with E-state index in [0.717, 1.165) is 5.69 Å². The maximum absolute atomic E-state index is 13.1. The molecule has 2 aliphatic rings. The molecular formula is C20H26N4O7S. The molecule has 174 valence electrons. The minimum atomic E-state index is -3.72. The largest absolute Gasteiger partial charge is 0.465 e. The van der Waals surface area contributed by atoms with Gasteiger partial charge in [0.15, 0.2) is 6.61 Å². The first kappa shape index (κ1) is 22.5. The number of hydrogen-bond acceptors (Lipinski definition) is 9. The average Bonchev–Trinajstić information content (AvgIpc) is 3.24. The van der Waals surface area contributed by atoms with Gasteiger partial charge in [-0.3, -0.25) is 4.79 Å². The summed E-state index contributed by atoms with van der Waals surface area (Å²) in [7, 11) is -3.72. The minimum Gasteiger partial charge on any atom is -0.465 e. The van der Waals surface area contributed by atoms with Crippen molar-refractivity contribution in [3.05, 3.63) is 30.0 Å². The second kappa shape index (κ2) is 9.86. The number of carbonyl (C=O) groups excluding carboxylic acids is 1. The van der Waals surface area contributed by atoms with Crippen molar-refractivity contribution in [2.24, 2.45) is 0 Å². The van der Waals surface area contributed by atoms with E-state index in [4.69, 9.17) is 18.7 Å². The molecule has 11 nitrogen and oxygen atoms in total. The zero-order valence-corrected chi connectivity index (χ0v) is 18.6. The highest BCUT2D eigenvalue weighted by molar-refractivity contribution is 7.89. The van der Waals surface area contributed by atoms with Gasteiger partial charge in [0.2, 0.25) is 10.0 Å². The highest BCUT2D eigenvalue weighted by Crippen LogP contribution is 2.31. The molecular weight excluding hydrogens is 440 g/mol. The van der Waals surface area contributed by atoms with Crippen LogP contribution in [0.2, 0.25) is 0 Å². The number of rotatable bonds is 7. The Morgan fingerprint density at radius 2 is 1.78 bits per heavy atom. The Hall–Kier alpha value is -2.67. The maximum Gasteiger partial charge on any atom is 0.262 e. The monoisotopic (exact) mass is 466 g/mol. The molecule has 1 aromatic carbocycles. The van der Waals surface area contributed by atoms with Gasteiger partial charge in [-0.25, -0.2) is 8.42 Å². The van der Waals surface area contributed by atoms with Crippen LogP contribution in [0.15, 0.2) is 33.7 Å². The number of ether oxygens (including phenoxy) is 3. The molecule has 4 rings (SSSR count). The Bertz CT molecular complexity index is 1040. The number of hydrogen-bond donors (Lipinski definition) is 1. The molecule has 2 aromatic rings. The van der Waals surface area contributed by atoms with Crippen LogP contribution in [-0.2, 0) is 24.3 Å². The van der Waals surface area contributed by atoms with Gasteiger partial charge in [0.05, 0.1) is 42.7 Å². The lowest BCUT2D eigenvalue weighted by Gasteiger charge is -2.31. The van der Waals surface area contributed by atoms with Crippen LogP contribution in [0.3, 0.4) is 0 Å². The van der Waals surface area contributed by atoms with Crippen LogP contribution < -0.4 is 15.0 Å². The predicted octanol–water partition coefficient (Wildman–Crippen LogP) is 0.858. The third-order valence-electron chi connectivity index (χ3n) is 5.16. The minimum absolute atomic E-state index is 0.111. The van der Waals surface area contributed by atoms with Crippen molar-refractivity contribution in [2.45, 2.75) is 11.8 Å². The average molecular weight is 467 g/mol. The van der Waals surface area contributed by atoms with Gasteiger partial charge in [-0.1, -0.05) is 0 Å². The molecule has 0 radical (unpaired) electrons. The van der Waals surface area contributed by atoms with E-state index in [-0.39, 0.29) is 17.4 Å². The Morgan fingerprint density at radius 3 is 2.44 bits per heavy atom. The van der Waals surface area contributed by atoms with Crippen molar-refractivity contribution in [3.63, 3.8) is 0 Å². The summed E-state index contributed by atoms with van der Waals surface area (Å²) in [6.07, 6.45) is 0. The van der Waals surface area contributed by atoms with Crippen LogP contribution in [0.25, 0.3) is 0 Å². The molecule has 0 aliphatic carbocycles. The quantitative estimate of drug-likeness (QED) is 0.633. The zero-order valence-electron chi connectivity index (χ0n) is 17.8. The highest BCUT2D eigenvalue weighted by atomic mass is 32.2. The van der Waals surface area contributed by atoms with Gasteiger partial charge in [0.1, 0.15) is 5.76 Å². The molecule has 1 aromatic heterocycles. The summed E-state index contributed by atoms with van der Waals surface area (Å²) in [5.41, 5.74) is 1.12. The van der Waals surface area contributed by atoms with Crippen molar-refractivity contribution in [1.82, 2.24) is 9.46 Å². The Labute approximate surface area is 186 Å². The normalized spacial score (nSPS) is 17.8. The van der Waals surface area contributed by atoms with Crippen LogP contribution in [0.4, 0.5) is 11.4 Å². The van der Waals surface area contributed by atoms with E-state index in [9.17, 15) is 13.2 Å². The fourth-order valence-corrected chi connectivity index (χ4v) is 4.96. The fraction of sp³-hybridized carbons (Fsp3) is 0.500. The molecule has 2 saturated heterocycles. The molecule has 3 heterocycles. The number of amides is 1. The third-order valence-corrected chi connectivity index (χ3v) is 7.05. The molecule has 32 heavy (non-hydrogen) atoms. The van der Waals surface area contributed by atoms with E-state index >= 15 is 0 Å². The summed E-state index contributed by atoms with van der Waals surface area (Å²) in [6.45, 7) is 5.08. The van der Waals surface area contributed by atoms with Gasteiger partial charge in [-0.05, 0) is 30.3 Å². The van der Waals surface area contributed by atoms with E-state index in [1.807, 2.05) is 4.90 Å². The van der Waals surface area contributed by atoms with Crippen molar-refractivity contribution in [2.75, 3.05) is 69.4 Å². The molecule has 12 heteroatoms. The fourth-order valence-electron chi connectivity index (χ4n) is 3.53. The number of morpholine rings is 2. The first-order valence-electron chi connectivity index (χ1n) is 10.3. The van der Waals surface area contributed by atoms with Gasteiger partial charge in [-0.2, -0.15) is 4.31 Å². The lowest BCUT2D eigenvalue weighted by atomic mass is 10.2. The SMILES string of the molecule is Cc1cc(OCC(=O)Nc2cc(S(=O)(=O)N3CCOCC3)ccc2N2CCOCC2)no1. The number of aromatic nitrogens is 1. The second-order valence-electron chi connectivity index (χ2n) is 7.41. The Kier molecular flexibility index (Phi) is 6.94. The molecule has 0 spiro atoms. The smallest absolute Gasteiger partial charge is 0.262 e. The van der Waals surface area contributed by atoms with Crippen molar-refractivity contribution in [3.8, 4) is 5.88 Å². The standard InChI is InChI=1S/C20H26N4O7S/c1-15-12-20(22-31-15)30-14-19(25)21-17-13-16(32(26,27)24-6-10-29-11-7-24)2-3-18(17)23-4-8-28-9-5-23/h2-3,12-13H,4-11,14H2,1H3,(H,21,25). The summed E-state index contributed by atoms with van der Waals surface area (Å²) in [4.78, 5) is 14.7. The van der Waals surface area contributed by atoms with Crippen LogP contribution in [0.1, 0.15) is 5.76 Å². The van der Waals surface area contributed by atoms with Gasteiger partial charge in [0, 0.05) is 32.2 Å². The number of sulfonamides is 1. The van der Waals surface area contributed by atoms with E-state index in [2.05, 4.69) is 10.5 Å². The zero-order chi connectivity index (χ0) is 22.6. The van der Waals surface area contributed by atoms with Crippen molar-refractivity contribution in [1.29, 1.82) is 0 Å². The molecule has 0 bridgehead atoms. The highest BCUT2D eigenvalue weighted by Gasteiger charge is 2.28. The molecule has 0 atom stereocenters.